The molecule has 1 amide bonds. The van der Waals surface area contributed by atoms with Gasteiger partial charge in [0.25, 0.3) is 5.91 Å². The van der Waals surface area contributed by atoms with E-state index in [9.17, 15) is 14.9 Å². The van der Waals surface area contributed by atoms with E-state index in [1.165, 1.54) is 0 Å². The molecule has 30 heavy (non-hydrogen) atoms. The van der Waals surface area contributed by atoms with Gasteiger partial charge in [0.05, 0.1) is 28.2 Å². The van der Waals surface area contributed by atoms with Gasteiger partial charge in [-0.25, -0.2) is 0 Å². The average molecular weight is 475 g/mol. The van der Waals surface area contributed by atoms with E-state index in [1.54, 1.807) is 48.7 Å². The van der Waals surface area contributed by atoms with Gasteiger partial charge in [-0.05, 0) is 54.4 Å². The fourth-order valence-corrected chi connectivity index (χ4v) is 3.75. The molecule has 0 radical (unpaired) electrons. The van der Waals surface area contributed by atoms with E-state index in [1.807, 2.05) is 23.9 Å². The maximum atomic E-state index is 12.9. The van der Waals surface area contributed by atoms with Crippen molar-refractivity contribution in [1.29, 1.82) is 0 Å². The number of amides is 1. The van der Waals surface area contributed by atoms with Gasteiger partial charge in [-0.3, -0.25) is 24.3 Å². The van der Waals surface area contributed by atoms with E-state index in [-0.39, 0.29) is 11.6 Å². The molecule has 9 nitrogen and oxygen atoms in total. The van der Waals surface area contributed by atoms with Crippen molar-refractivity contribution in [3.05, 3.63) is 73.3 Å². The molecular formula is C20H23BrN6O3. The number of nitrogens with zero attached hydrogens (tertiary/aromatic N) is 6. The van der Waals surface area contributed by atoms with E-state index >= 15 is 0 Å². The molecule has 2 heterocycles. The van der Waals surface area contributed by atoms with Crippen LogP contribution in [0.1, 0.15) is 39.9 Å². The summed E-state index contributed by atoms with van der Waals surface area (Å²) in [5.74, 6) is -0.130. The zero-order valence-electron chi connectivity index (χ0n) is 17.3. The lowest BCUT2D eigenvalue weighted by molar-refractivity contribution is -0.386. The van der Waals surface area contributed by atoms with Gasteiger partial charge in [0.1, 0.15) is 11.4 Å². The number of aryl methyl sites for hydroxylation is 2. The minimum Gasteiger partial charge on any atom is -0.336 e. The first kappa shape index (κ1) is 21.7. The molecule has 2 aromatic heterocycles. The number of carbonyl (C=O) groups excluding carboxylic acids is 1. The molecule has 0 fully saturated rings. The van der Waals surface area contributed by atoms with Crippen LogP contribution in [0.2, 0.25) is 0 Å². The minimum atomic E-state index is -0.416. The standard InChI is InChI=1S/C20H23BrN6O3/c1-5-25-11-17(21)18(23-25)12-24(4)20(28)16-8-6-7-15(9-16)10-26-14(3)19(27(29)30)13(2)22-26/h6-9,11H,5,10,12H2,1-4H3. The number of aromatic nitrogens is 4. The highest BCUT2D eigenvalue weighted by Gasteiger charge is 2.22. The first-order valence-corrected chi connectivity index (χ1v) is 10.2. The van der Waals surface area contributed by atoms with E-state index in [2.05, 4.69) is 26.1 Å². The van der Waals surface area contributed by atoms with Crippen LogP contribution in [-0.2, 0) is 19.6 Å². The second-order valence-corrected chi connectivity index (χ2v) is 7.93. The van der Waals surface area contributed by atoms with E-state index < -0.39 is 4.92 Å². The summed E-state index contributed by atoms with van der Waals surface area (Å²) in [5, 5.41) is 20.0. The lowest BCUT2D eigenvalue weighted by Crippen LogP contribution is -2.26. The van der Waals surface area contributed by atoms with Crippen LogP contribution >= 0.6 is 15.9 Å². The summed E-state index contributed by atoms with van der Waals surface area (Å²) < 4.78 is 4.27. The average Bonchev–Trinajstić information content (AvgIpc) is 3.19. The van der Waals surface area contributed by atoms with Crippen molar-refractivity contribution in [1.82, 2.24) is 24.5 Å². The largest absolute Gasteiger partial charge is 0.336 e. The Hall–Kier alpha value is -3.01. The van der Waals surface area contributed by atoms with Gasteiger partial charge < -0.3 is 4.90 Å². The number of hydrogen-bond donors (Lipinski definition) is 0. The molecule has 0 aliphatic heterocycles. The van der Waals surface area contributed by atoms with Gasteiger partial charge in [0.15, 0.2) is 0 Å². The predicted octanol–water partition coefficient (Wildman–Crippen LogP) is 3.71. The van der Waals surface area contributed by atoms with Crippen molar-refractivity contribution >= 4 is 27.5 Å². The van der Waals surface area contributed by atoms with Crippen LogP contribution < -0.4 is 0 Å². The fourth-order valence-electron chi connectivity index (χ4n) is 3.30. The molecule has 3 aromatic rings. The molecule has 0 unspecified atom stereocenters. The van der Waals surface area contributed by atoms with Gasteiger partial charge in [-0.1, -0.05) is 12.1 Å². The van der Waals surface area contributed by atoms with Crippen molar-refractivity contribution < 1.29 is 9.72 Å². The van der Waals surface area contributed by atoms with Crippen molar-refractivity contribution in [3.63, 3.8) is 0 Å². The Morgan fingerprint density at radius 1 is 1.30 bits per heavy atom. The normalized spacial score (nSPS) is 11.0. The number of nitro groups is 1. The summed E-state index contributed by atoms with van der Waals surface area (Å²) >= 11 is 3.49. The van der Waals surface area contributed by atoms with Gasteiger partial charge in [-0.15, -0.1) is 0 Å². The molecule has 0 N–H and O–H groups in total. The second-order valence-electron chi connectivity index (χ2n) is 7.08. The predicted molar refractivity (Wildman–Crippen MR) is 115 cm³/mol. The van der Waals surface area contributed by atoms with Crippen molar-refractivity contribution in [3.8, 4) is 0 Å². The topological polar surface area (TPSA) is 99.1 Å². The number of benzene rings is 1. The minimum absolute atomic E-state index is 0.0269. The third kappa shape index (κ3) is 4.43. The first-order chi connectivity index (χ1) is 14.2. The summed E-state index contributed by atoms with van der Waals surface area (Å²) in [7, 11) is 1.73. The van der Waals surface area contributed by atoms with E-state index in [0.717, 1.165) is 22.3 Å². The van der Waals surface area contributed by atoms with Gasteiger partial charge in [-0.2, -0.15) is 10.2 Å². The Balaban J connectivity index is 1.77. The monoisotopic (exact) mass is 474 g/mol. The Morgan fingerprint density at radius 2 is 2.03 bits per heavy atom. The zero-order valence-corrected chi connectivity index (χ0v) is 18.9. The number of halogens is 1. The fraction of sp³-hybridized carbons (Fsp3) is 0.350. The lowest BCUT2D eigenvalue weighted by atomic mass is 10.1. The Bertz CT molecular complexity index is 1100. The number of carbonyl (C=O) groups is 1. The molecule has 0 aliphatic carbocycles. The highest BCUT2D eigenvalue weighted by Crippen LogP contribution is 2.23. The maximum Gasteiger partial charge on any atom is 0.312 e. The van der Waals surface area contributed by atoms with Crippen LogP contribution in [-0.4, -0.2) is 42.3 Å². The van der Waals surface area contributed by atoms with E-state index in [4.69, 9.17) is 0 Å². The molecule has 0 saturated heterocycles. The van der Waals surface area contributed by atoms with Crippen LogP contribution in [0, 0.1) is 24.0 Å². The van der Waals surface area contributed by atoms with Crippen LogP contribution in [0.5, 0.6) is 0 Å². The molecule has 10 heteroatoms. The zero-order chi connectivity index (χ0) is 22.0. The molecule has 1 aromatic carbocycles. The van der Waals surface area contributed by atoms with Crippen molar-refractivity contribution in [2.75, 3.05) is 7.05 Å². The molecule has 0 aliphatic rings. The molecule has 3 rings (SSSR count). The molecule has 158 valence electrons. The second kappa shape index (κ2) is 8.78. The van der Waals surface area contributed by atoms with Gasteiger partial charge in [0, 0.05) is 25.4 Å². The third-order valence-corrected chi connectivity index (χ3v) is 5.54. The Kier molecular flexibility index (Phi) is 6.35. The first-order valence-electron chi connectivity index (χ1n) is 9.45. The van der Waals surface area contributed by atoms with Crippen LogP contribution in [0.25, 0.3) is 0 Å². The van der Waals surface area contributed by atoms with Crippen molar-refractivity contribution in [2.45, 2.75) is 40.4 Å². The quantitative estimate of drug-likeness (QED) is 0.383. The molecule has 0 atom stereocenters. The summed E-state index contributed by atoms with van der Waals surface area (Å²) in [4.78, 5) is 25.3. The highest BCUT2D eigenvalue weighted by atomic mass is 79.9. The van der Waals surface area contributed by atoms with Crippen LogP contribution in [0.3, 0.4) is 0 Å². The SMILES string of the molecule is CCn1cc(Br)c(CN(C)C(=O)c2cccc(Cn3nc(C)c([N+](=O)[O-])c3C)c2)n1. The van der Waals surface area contributed by atoms with Crippen LogP contribution in [0.4, 0.5) is 5.69 Å². The van der Waals surface area contributed by atoms with Crippen LogP contribution in [0.15, 0.2) is 34.9 Å². The molecule has 0 bridgehead atoms. The summed E-state index contributed by atoms with van der Waals surface area (Å²) in [6.45, 7) is 6.77. The maximum absolute atomic E-state index is 12.9. The molecule has 0 spiro atoms. The number of hydrogen-bond acceptors (Lipinski definition) is 5. The summed E-state index contributed by atoms with van der Waals surface area (Å²) in [6.07, 6.45) is 1.89. The third-order valence-electron chi connectivity index (χ3n) is 4.88. The smallest absolute Gasteiger partial charge is 0.312 e. The summed E-state index contributed by atoms with van der Waals surface area (Å²) in [6, 6.07) is 7.23. The van der Waals surface area contributed by atoms with Gasteiger partial charge >= 0.3 is 5.69 Å². The lowest BCUT2D eigenvalue weighted by Gasteiger charge is -2.17. The molecule has 0 saturated carbocycles. The molecular weight excluding hydrogens is 452 g/mol. The summed E-state index contributed by atoms with van der Waals surface area (Å²) in [5.41, 5.74) is 3.06. The Labute approximate surface area is 182 Å². The Morgan fingerprint density at radius 3 is 2.63 bits per heavy atom. The highest BCUT2D eigenvalue weighted by molar-refractivity contribution is 9.10. The number of rotatable bonds is 7. The van der Waals surface area contributed by atoms with E-state index in [0.29, 0.717) is 30.0 Å². The van der Waals surface area contributed by atoms with Crippen molar-refractivity contribution in [2.24, 2.45) is 0 Å². The van der Waals surface area contributed by atoms with Gasteiger partial charge in [0.2, 0.25) is 0 Å².